The molecule has 0 spiro atoms. The molecule has 2 rings (SSSR count). The van der Waals surface area contributed by atoms with Gasteiger partial charge in [0.05, 0.1) is 6.61 Å². The van der Waals surface area contributed by atoms with Crippen molar-refractivity contribution < 1.29 is 9.47 Å². The first-order valence-corrected chi connectivity index (χ1v) is 4.19. The van der Waals surface area contributed by atoms with E-state index in [2.05, 4.69) is 0 Å². The molecule has 1 aromatic carbocycles. The van der Waals surface area contributed by atoms with E-state index in [-0.39, 0.29) is 6.10 Å². The number of para-hydroxylation sites is 1. The van der Waals surface area contributed by atoms with E-state index in [1.54, 1.807) is 0 Å². The molecule has 1 heterocycles. The van der Waals surface area contributed by atoms with Crippen LogP contribution in [0.1, 0.15) is 6.92 Å². The van der Waals surface area contributed by atoms with Crippen molar-refractivity contribution in [3.05, 3.63) is 30.3 Å². The summed E-state index contributed by atoms with van der Waals surface area (Å²) in [4.78, 5) is 0. The highest BCUT2D eigenvalue weighted by atomic mass is 16.6. The largest absolute Gasteiger partial charge is 0.488 e. The van der Waals surface area contributed by atoms with Gasteiger partial charge in [0.2, 0.25) is 0 Å². The highest BCUT2D eigenvalue weighted by molar-refractivity contribution is 5.21. The third-order valence-corrected chi connectivity index (χ3v) is 1.95. The van der Waals surface area contributed by atoms with Crippen LogP contribution in [0.25, 0.3) is 0 Å². The van der Waals surface area contributed by atoms with Crippen LogP contribution < -0.4 is 4.74 Å². The van der Waals surface area contributed by atoms with E-state index in [0.29, 0.717) is 6.10 Å². The van der Waals surface area contributed by atoms with Crippen molar-refractivity contribution in [1.29, 1.82) is 0 Å². The molecule has 1 aliphatic heterocycles. The van der Waals surface area contributed by atoms with Crippen molar-refractivity contribution in [1.82, 2.24) is 0 Å². The Kier molecular flexibility index (Phi) is 2.00. The van der Waals surface area contributed by atoms with Gasteiger partial charge in [0.1, 0.15) is 18.0 Å². The first-order valence-electron chi connectivity index (χ1n) is 4.19. The zero-order chi connectivity index (χ0) is 8.39. The minimum absolute atomic E-state index is 0.174. The summed E-state index contributed by atoms with van der Waals surface area (Å²) < 4.78 is 10.7. The Morgan fingerprint density at radius 3 is 2.67 bits per heavy atom. The molecular weight excluding hydrogens is 152 g/mol. The zero-order valence-electron chi connectivity index (χ0n) is 7.07. The van der Waals surface area contributed by atoms with Crippen LogP contribution in [0.15, 0.2) is 30.3 Å². The smallest absolute Gasteiger partial charge is 0.124 e. The van der Waals surface area contributed by atoms with Gasteiger partial charge in [-0.25, -0.2) is 0 Å². The van der Waals surface area contributed by atoms with Gasteiger partial charge in [0.25, 0.3) is 0 Å². The first kappa shape index (κ1) is 7.62. The van der Waals surface area contributed by atoms with Crippen LogP contribution in [0, 0.1) is 0 Å². The molecule has 2 nitrogen and oxygen atoms in total. The van der Waals surface area contributed by atoms with Crippen molar-refractivity contribution in [3.8, 4) is 5.75 Å². The third-order valence-electron chi connectivity index (χ3n) is 1.95. The predicted octanol–water partition coefficient (Wildman–Crippen LogP) is 1.85. The Hall–Kier alpha value is -1.02. The fourth-order valence-electron chi connectivity index (χ4n) is 1.12. The second-order valence-corrected chi connectivity index (χ2v) is 3.01. The Morgan fingerprint density at radius 2 is 2.08 bits per heavy atom. The lowest BCUT2D eigenvalue weighted by Gasteiger charge is -2.11. The fraction of sp³-hybridized carbons (Fsp3) is 0.400. The topological polar surface area (TPSA) is 21.8 Å². The van der Waals surface area contributed by atoms with Gasteiger partial charge in [-0.15, -0.1) is 0 Å². The van der Waals surface area contributed by atoms with Crippen molar-refractivity contribution in [2.24, 2.45) is 0 Å². The molecule has 1 saturated heterocycles. The van der Waals surface area contributed by atoms with Gasteiger partial charge >= 0.3 is 0 Å². The van der Waals surface area contributed by atoms with E-state index < -0.39 is 0 Å². The van der Waals surface area contributed by atoms with Crippen LogP contribution in [0.2, 0.25) is 0 Å². The summed E-state index contributed by atoms with van der Waals surface area (Å²) in [6, 6.07) is 9.83. The summed E-state index contributed by atoms with van der Waals surface area (Å²) in [6.07, 6.45) is 0.484. The van der Waals surface area contributed by atoms with Crippen molar-refractivity contribution >= 4 is 0 Å². The number of hydrogen-bond donors (Lipinski definition) is 0. The lowest BCUT2D eigenvalue weighted by molar-refractivity contribution is 0.176. The Bertz CT molecular complexity index is 241. The van der Waals surface area contributed by atoms with Gasteiger partial charge in [-0.05, 0) is 19.1 Å². The maximum Gasteiger partial charge on any atom is 0.124 e. The Labute approximate surface area is 72.1 Å². The number of benzene rings is 1. The normalized spacial score (nSPS) is 23.2. The standard InChI is InChI=1S/C10H12O2/c1-8(10-7-11-10)12-9-5-3-2-4-6-9/h2-6,8,10H,7H2,1H3. The van der Waals surface area contributed by atoms with Crippen LogP contribution in [-0.2, 0) is 4.74 Å². The molecule has 0 amide bonds. The molecule has 2 heteroatoms. The lowest BCUT2D eigenvalue weighted by Crippen LogP contribution is -2.18. The number of epoxide rings is 1. The van der Waals surface area contributed by atoms with Gasteiger partial charge in [0.15, 0.2) is 0 Å². The molecule has 12 heavy (non-hydrogen) atoms. The Morgan fingerprint density at radius 1 is 1.42 bits per heavy atom. The fourth-order valence-corrected chi connectivity index (χ4v) is 1.12. The lowest BCUT2D eigenvalue weighted by atomic mass is 10.3. The van der Waals surface area contributed by atoms with Crippen molar-refractivity contribution in [2.75, 3.05) is 6.61 Å². The van der Waals surface area contributed by atoms with Gasteiger partial charge in [-0.1, -0.05) is 18.2 Å². The van der Waals surface area contributed by atoms with Gasteiger partial charge in [-0.3, -0.25) is 0 Å². The van der Waals surface area contributed by atoms with E-state index in [4.69, 9.17) is 9.47 Å². The monoisotopic (exact) mass is 164 g/mol. The molecule has 0 saturated carbocycles. The summed E-state index contributed by atoms with van der Waals surface area (Å²) in [5.74, 6) is 0.917. The van der Waals surface area contributed by atoms with Crippen molar-refractivity contribution in [3.63, 3.8) is 0 Å². The minimum Gasteiger partial charge on any atom is -0.488 e. The van der Waals surface area contributed by atoms with Crippen LogP contribution in [-0.4, -0.2) is 18.8 Å². The maximum absolute atomic E-state index is 5.61. The molecule has 0 N–H and O–H groups in total. The number of hydrogen-bond acceptors (Lipinski definition) is 2. The zero-order valence-corrected chi connectivity index (χ0v) is 7.07. The third kappa shape index (κ3) is 1.77. The highest BCUT2D eigenvalue weighted by Gasteiger charge is 2.30. The average molecular weight is 164 g/mol. The van der Waals surface area contributed by atoms with E-state index in [9.17, 15) is 0 Å². The molecule has 0 aromatic heterocycles. The summed E-state index contributed by atoms with van der Waals surface area (Å²) in [5.41, 5.74) is 0. The second-order valence-electron chi connectivity index (χ2n) is 3.01. The van der Waals surface area contributed by atoms with E-state index in [0.717, 1.165) is 12.4 Å². The summed E-state index contributed by atoms with van der Waals surface area (Å²) in [7, 11) is 0. The van der Waals surface area contributed by atoms with Gasteiger partial charge < -0.3 is 9.47 Å². The Balaban J connectivity index is 1.94. The molecule has 0 aliphatic carbocycles. The minimum atomic E-state index is 0.174. The van der Waals surface area contributed by atoms with Crippen LogP contribution in [0.3, 0.4) is 0 Å². The molecule has 1 aromatic rings. The van der Waals surface area contributed by atoms with Crippen molar-refractivity contribution in [2.45, 2.75) is 19.1 Å². The summed E-state index contributed by atoms with van der Waals surface area (Å²) >= 11 is 0. The number of ether oxygens (including phenoxy) is 2. The quantitative estimate of drug-likeness (QED) is 0.636. The van der Waals surface area contributed by atoms with E-state index in [1.165, 1.54) is 0 Å². The highest BCUT2D eigenvalue weighted by Crippen LogP contribution is 2.19. The molecule has 0 radical (unpaired) electrons. The molecule has 2 atom stereocenters. The molecule has 64 valence electrons. The molecule has 0 bridgehead atoms. The van der Waals surface area contributed by atoms with Crippen LogP contribution in [0.5, 0.6) is 5.75 Å². The SMILES string of the molecule is CC(Oc1ccccc1)C1CO1. The van der Waals surface area contributed by atoms with Crippen LogP contribution in [0.4, 0.5) is 0 Å². The van der Waals surface area contributed by atoms with Gasteiger partial charge in [0, 0.05) is 0 Å². The summed E-state index contributed by atoms with van der Waals surface area (Å²) in [5, 5.41) is 0. The van der Waals surface area contributed by atoms with Crippen LogP contribution >= 0.6 is 0 Å². The number of rotatable bonds is 3. The average Bonchev–Trinajstić information content (AvgIpc) is 2.88. The second kappa shape index (κ2) is 3.15. The molecule has 1 aliphatic rings. The van der Waals surface area contributed by atoms with E-state index >= 15 is 0 Å². The maximum atomic E-state index is 5.61. The summed E-state index contributed by atoms with van der Waals surface area (Å²) in [6.45, 7) is 2.87. The molecule has 2 unspecified atom stereocenters. The van der Waals surface area contributed by atoms with Gasteiger partial charge in [-0.2, -0.15) is 0 Å². The molecule has 1 fully saturated rings. The molecular formula is C10H12O2. The van der Waals surface area contributed by atoms with E-state index in [1.807, 2.05) is 37.3 Å². The predicted molar refractivity (Wildman–Crippen MR) is 46.3 cm³/mol. The first-order chi connectivity index (χ1) is 5.86.